The zero-order valence-corrected chi connectivity index (χ0v) is 18.0. The molecule has 0 aliphatic heterocycles. The summed E-state index contributed by atoms with van der Waals surface area (Å²) >= 11 is 6.15. The molecule has 0 spiro atoms. The van der Waals surface area contributed by atoms with E-state index in [0.717, 1.165) is 8.61 Å². The SMILES string of the molecule is CCOC(=O)c1ccc(NC(=O)c2ccc(N(C)S(=O)(=O)N(C)C)cc2)c(Cl)c1. The van der Waals surface area contributed by atoms with Gasteiger partial charge in [0.2, 0.25) is 0 Å². The molecule has 0 bridgehead atoms. The van der Waals surface area contributed by atoms with Crippen LogP contribution in [0.5, 0.6) is 0 Å². The molecule has 156 valence electrons. The lowest BCUT2D eigenvalue weighted by Crippen LogP contribution is -2.37. The second-order valence-corrected chi connectivity index (χ2v) is 8.75. The first kappa shape index (κ1) is 22.7. The van der Waals surface area contributed by atoms with E-state index in [1.807, 2.05) is 0 Å². The number of hydrogen-bond donors (Lipinski definition) is 1. The number of carbonyl (C=O) groups excluding carboxylic acids is 2. The molecule has 1 N–H and O–H groups in total. The van der Waals surface area contributed by atoms with Crippen molar-refractivity contribution >= 4 is 45.1 Å². The Bertz CT molecular complexity index is 1010. The summed E-state index contributed by atoms with van der Waals surface area (Å²) in [5.41, 5.74) is 1.34. The van der Waals surface area contributed by atoms with Gasteiger partial charge in [0.25, 0.3) is 5.91 Å². The van der Waals surface area contributed by atoms with Gasteiger partial charge in [-0.3, -0.25) is 9.10 Å². The highest BCUT2D eigenvalue weighted by Gasteiger charge is 2.21. The van der Waals surface area contributed by atoms with Gasteiger partial charge < -0.3 is 10.1 Å². The average Bonchev–Trinajstić information content (AvgIpc) is 2.69. The minimum atomic E-state index is -3.62. The molecule has 0 fully saturated rings. The Kier molecular flexibility index (Phi) is 7.23. The number of benzene rings is 2. The van der Waals surface area contributed by atoms with E-state index in [1.165, 1.54) is 63.6 Å². The van der Waals surface area contributed by atoms with Crippen LogP contribution in [0.15, 0.2) is 42.5 Å². The average molecular weight is 440 g/mol. The van der Waals surface area contributed by atoms with Gasteiger partial charge in [-0.1, -0.05) is 11.6 Å². The molecule has 0 heterocycles. The summed E-state index contributed by atoms with van der Waals surface area (Å²) in [6.07, 6.45) is 0. The molecule has 0 atom stereocenters. The van der Waals surface area contributed by atoms with Gasteiger partial charge in [-0.2, -0.15) is 12.7 Å². The quantitative estimate of drug-likeness (QED) is 0.669. The van der Waals surface area contributed by atoms with Crippen LogP contribution in [-0.2, 0) is 14.9 Å². The summed E-state index contributed by atoms with van der Waals surface area (Å²) in [5.74, 6) is -0.930. The Morgan fingerprint density at radius 1 is 1.03 bits per heavy atom. The van der Waals surface area contributed by atoms with Crippen molar-refractivity contribution in [2.75, 3.05) is 37.4 Å². The Morgan fingerprint density at radius 2 is 1.62 bits per heavy atom. The lowest BCUT2D eigenvalue weighted by Gasteiger charge is -2.23. The van der Waals surface area contributed by atoms with Crippen molar-refractivity contribution in [1.82, 2.24) is 4.31 Å². The number of nitrogens with zero attached hydrogens (tertiary/aromatic N) is 2. The number of anilines is 2. The van der Waals surface area contributed by atoms with Gasteiger partial charge in [-0.05, 0) is 49.4 Å². The predicted octanol–water partition coefficient (Wildman–Crippen LogP) is 3.01. The van der Waals surface area contributed by atoms with Gasteiger partial charge in [0.15, 0.2) is 0 Å². The number of hydrogen-bond acceptors (Lipinski definition) is 5. The number of amides is 1. The van der Waals surface area contributed by atoms with Crippen molar-refractivity contribution in [2.45, 2.75) is 6.92 Å². The second-order valence-electron chi connectivity index (χ2n) is 6.17. The van der Waals surface area contributed by atoms with Crippen molar-refractivity contribution < 1.29 is 22.7 Å². The monoisotopic (exact) mass is 439 g/mol. The predicted molar refractivity (Wildman–Crippen MR) is 113 cm³/mol. The fourth-order valence-electron chi connectivity index (χ4n) is 2.35. The van der Waals surface area contributed by atoms with Crippen LogP contribution in [0.3, 0.4) is 0 Å². The Labute approximate surface area is 175 Å². The zero-order valence-electron chi connectivity index (χ0n) is 16.5. The van der Waals surface area contributed by atoms with E-state index in [4.69, 9.17) is 16.3 Å². The highest BCUT2D eigenvalue weighted by molar-refractivity contribution is 7.90. The third-order valence-electron chi connectivity index (χ3n) is 4.03. The number of ether oxygens (including phenoxy) is 1. The number of esters is 1. The first-order valence-electron chi connectivity index (χ1n) is 8.62. The van der Waals surface area contributed by atoms with Crippen LogP contribution < -0.4 is 9.62 Å². The van der Waals surface area contributed by atoms with Gasteiger partial charge in [0.1, 0.15) is 0 Å². The number of carbonyl (C=O) groups is 2. The topological polar surface area (TPSA) is 96.0 Å². The summed E-state index contributed by atoms with van der Waals surface area (Å²) in [7, 11) is 0.674. The van der Waals surface area contributed by atoms with Gasteiger partial charge in [-0.15, -0.1) is 0 Å². The lowest BCUT2D eigenvalue weighted by molar-refractivity contribution is 0.0526. The molecule has 0 unspecified atom stereocenters. The van der Waals surface area contributed by atoms with Gasteiger partial charge in [0, 0.05) is 26.7 Å². The highest BCUT2D eigenvalue weighted by Crippen LogP contribution is 2.25. The Hall–Kier alpha value is -2.62. The van der Waals surface area contributed by atoms with Crippen LogP contribution in [0.1, 0.15) is 27.6 Å². The molecule has 8 nitrogen and oxygen atoms in total. The molecule has 0 aliphatic rings. The van der Waals surface area contributed by atoms with E-state index in [1.54, 1.807) is 6.92 Å². The summed E-state index contributed by atoms with van der Waals surface area (Å²) in [5, 5.41) is 2.85. The van der Waals surface area contributed by atoms with Crippen molar-refractivity contribution in [1.29, 1.82) is 0 Å². The van der Waals surface area contributed by atoms with E-state index in [9.17, 15) is 18.0 Å². The molecule has 29 heavy (non-hydrogen) atoms. The molecule has 2 rings (SSSR count). The molecule has 2 aromatic rings. The van der Waals surface area contributed by atoms with Gasteiger partial charge >= 0.3 is 16.2 Å². The van der Waals surface area contributed by atoms with E-state index in [-0.39, 0.29) is 17.2 Å². The standard InChI is InChI=1S/C19H22ClN3O5S/c1-5-28-19(25)14-8-11-17(16(20)12-14)21-18(24)13-6-9-15(10-7-13)23(4)29(26,27)22(2)3/h6-12H,5H2,1-4H3,(H,21,24). The molecular weight excluding hydrogens is 418 g/mol. The fraction of sp³-hybridized carbons (Fsp3) is 0.263. The number of halogens is 1. The van der Waals surface area contributed by atoms with E-state index < -0.39 is 22.1 Å². The third-order valence-corrected chi connectivity index (χ3v) is 6.17. The van der Waals surface area contributed by atoms with Crippen LogP contribution in [0.2, 0.25) is 5.02 Å². The molecule has 0 radical (unpaired) electrons. The molecule has 10 heteroatoms. The van der Waals surface area contributed by atoms with Crippen molar-refractivity contribution in [3.05, 3.63) is 58.6 Å². The first-order valence-corrected chi connectivity index (χ1v) is 10.4. The van der Waals surface area contributed by atoms with E-state index in [2.05, 4.69) is 5.32 Å². The van der Waals surface area contributed by atoms with Crippen molar-refractivity contribution in [2.24, 2.45) is 0 Å². The van der Waals surface area contributed by atoms with Crippen LogP contribution in [0, 0.1) is 0 Å². The summed E-state index contributed by atoms with van der Waals surface area (Å²) in [4.78, 5) is 24.2. The van der Waals surface area contributed by atoms with Crippen LogP contribution in [-0.4, -0.2) is 52.3 Å². The van der Waals surface area contributed by atoms with E-state index >= 15 is 0 Å². The normalized spacial score (nSPS) is 11.2. The maximum atomic E-state index is 12.5. The van der Waals surface area contributed by atoms with Crippen molar-refractivity contribution in [3.63, 3.8) is 0 Å². The third kappa shape index (κ3) is 5.26. The van der Waals surface area contributed by atoms with Gasteiger partial charge in [0.05, 0.1) is 28.6 Å². The molecule has 0 aromatic heterocycles. The number of nitrogens with one attached hydrogen (secondary N) is 1. The molecule has 0 aliphatic carbocycles. The summed E-state index contributed by atoms with van der Waals surface area (Å²) < 4.78 is 31.5. The lowest BCUT2D eigenvalue weighted by atomic mass is 10.1. The highest BCUT2D eigenvalue weighted by atomic mass is 35.5. The zero-order chi connectivity index (χ0) is 21.8. The smallest absolute Gasteiger partial charge is 0.338 e. The summed E-state index contributed by atoms with van der Waals surface area (Å²) in [6.45, 7) is 1.95. The molecule has 2 aromatic carbocycles. The maximum absolute atomic E-state index is 12.5. The van der Waals surface area contributed by atoms with Crippen LogP contribution in [0.4, 0.5) is 11.4 Å². The minimum absolute atomic E-state index is 0.192. The molecule has 0 saturated carbocycles. The Balaban J connectivity index is 2.15. The number of rotatable bonds is 7. The molecule has 0 saturated heterocycles. The van der Waals surface area contributed by atoms with E-state index in [0.29, 0.717) is 16.9 Å². The van der Waals surface area contributed by atoms with Crippen LogP contribution >= 0.6 is 11.6 Å². The largest absolute Gasteiger partial charge is 0.462 e. The minimum Gasteiger partial charge on any atom is -0.462 e. The second kappa shape index (κ2) is 9.25. The summed E-state index contributed by atoms with van der Waals surface area (Å²) in [6, 6.07) is 10.5. The molecular formula is C19H22ClN3O5S. The fourth-order valence-corrected chi connectivity index (χ4v) is 3.46. The van der Waals surface area contributed by atoms with Gasteiger partial charge in [-0.25, -0.2) is 4.79 Å². The van der Waals surface area contributed by atoms with Crippen molar-refractivity contribution in [3.8, 4) is 0 Å². The maximum Gasteiger partial charge on any atom is 0.338 e. The molecule has 1 amide bonds. The first-order chi connectivity index (χ1) is 13.6. The van der Waals surface area contributed by atoms with Crippen LogP contribution in [0.25, 0.3) is 0 Å². The Morgan fingerprint density at radius 3 is 2.14 bits per heavy atom.